The van der Waals surface area contributed by atoms with Gasteiger partial charge in [0.25, 0.3) is 0 Å². The molecule has 0 amide bonds. The number of rotatable bonds is 14. The molecular weight excluding hydrogens is 350 g/mol. The van der Waals surface area contributed by atoms with Crippen molar-refractivity contribution in [2.45, 2.75) is 84.1 Å². The van der Waals surface area contributed by atoms with E-state index in [1.165, 1.54) is 32.1 Å². The smallest absolute Gasteiger partial charge is 0.122 e. The summed E-state index contributed by atoms with van der Waals surface area (Å²) in [5.74, 6) is 3.09. The molecule has 0 heterocycles. The minimum absolute atomic E-state index is 0.000803. The fourth-order valence-corrected chi connectivity index (χ4v) is 3.77. The number of hydrogen-bond acceptors (Lipinski definition) is 4. The van der Waals surface area contributed by atoms with E-state index < -0.39 is 5.54 Å². The highest BCUT2D eigenvalue weighted by Gasteiger charge is 2.33. The van der Waals surface area contributed by atoms with Gasteiger partial charge in [-0.1, -0.05) is 58.9 Å². The molecule has 2 rings (SSSR count). The summed E-state index contributed by atoms with van der Waals surface area (Å²) >= 11 is 0. The Balaban J connectivity index is 1.73. The number of ether oxygens (including phenoxy) is 1. The van der Waals surface area contributed by atoms with Crippen LogP contribution in [0.4, 0.5) is 0 Å². The molecular formula is C24H41NO3. The molecule has 1 aromatic carbocycles. The van der Waals surface area contributed by atoms with E-state index in [0.29, 0.717) is 31.3 Å². The van der Waals surface area contributed by atoms with Gasteiger partial charge in [0.15, 0.2) is 0 Å². The molecule has 2 atom stereocenters. The molecule has 1 aromatic rings. The third kappa shape index (κ3) is 8.40. The summed E-state index contributed by atoms with van der Waals surface area (Å²) in [6, 6.07) is 5.55. The number of nitrogens with two attached hydrogens (primary N) is 1. The maximum absolute atomic E-state index is 10.3. The van der Waals surface area contributed by atoms with E-state index >= 15 is 0 Å². The van der Waals surface area contributed by atoms with Crippen molar-refractivity contribution in [3.05, 3.63) is 23.8 Å². The van der Waals surface area contributed by atoms with E-state index in [-0.39, 0.29) is 12.4 Å². The molecule has 2 unspecified atom stereocenters. The maximum atomic E-state index is 10.3. The molecule has 0 aliphatic heterocycles. The summed E-state index contributed by atoms with van der Waals surface area (Å²) < 4.78 is 5.84. The molecule has 1 fully saturated rings. The lowest BCUT2D eigenvalue weighted by atomic mass is 9.87. The molecule has 0 saturated heterocycles. The van der Waals surface area contributed by atoms with Crippen LogP contribution in [0.1, 0.15) is 77.7 Å². The van der Waals surface area contributed by atoms with Gasteiger partial charge in [0.05, 0.1) is 13.2 Å². The van der Waals surface area contributed by atoms with Crippen molar-refractivity contribution >= 4 is 0 Å². The molecule has 4 N–H and O–H groups in total. The minimum Gasteiger partial charge on any atom is -0.508 e. The van der Waals surface area contributed by atoms with Crippen molar-refractivity contribution in [2.24, 2.45) is 23.5 Å². The molecule has 4 nitrogen and oxygen atoms in total. The fraction of sp³-hybridized carbons (Fsp3) is 0.750. The normalized spacial score (nSPS) is 17.5. The Morgan fingerprint density at radius 3 is 2.54 bits per heavy atom. The third-order valence-electron chi connectivity index (χ3n) is 6.01. The van der Waals surface area contributed by atoms with Crippen molar-refractivity contribution in [3.8, 4) is 11.5 Å². The van der Waals surface area contributed by atoms with Gasteiger partial charge in [-0.05, 0) is 55.1 Å². The Morgan fingerprint density at radius 1 is 1.18 bits per heavy atom. The van der Waals surface area contributed by atoms with Crippen LogP contribution in [0.3, 0.4) is 0 Å². The minimum atomic E-state index is -0.533. The molecule has 0 spiro atoms. The van der Waals surface area contributed by atoms with Gasteiger partial charge in [-0.2, -0.15) is 0 Å². The Hall–Kier alpha value is -1.26. The third-order valence-corrected chi connectivity index (χ3v) is 6.01. The average molecular weight is 392 g/mol. The first-order valence-corrected chi connectivity index (χ1v) is 11.2. The molecule has 1 aliphatic rings. The summed E-state index contributed by atoms with van der Waals surface area (Å²) in [4.78, 5) is 0. The second-order valence-electron chi connectivity index (χ2n) is 9.53. The lowest BCUT2D eigenvalue weighted by Crippen LogP contribution is -2.44. The Bertz CT molecular complexity index is 585. The average Bonchev–Trinajstić information content (AvgIpc) is 3.44. The quantitative estimate of drug-likeness (QED) is 0.415. The lowest BCUT2D eigenvalue weighted by Gasteiger charge is -2.27. The predicted octanol–water partition coefficient (Wildman–Crippen LogP) is 5.05. The number of benzene rings is 1. The monoisotopic (exact) mass is 391 g/mol. The molecule has 28 heavy (non-hydrogen) atoms. The maximum Gasteiger partial charge on any atom is 0.122 e. The molecule has 4 heteroatoms. The van der Waals surface area contributed by atoms with E-state index in [9.17, 15) is 10.2 Å². The molecule has 0 bridgehead atoms. The molecule has 0 radical (unpaired) electrons. The van der Waals surface area contributed by atoms with Crippen LogP contribution in [0, 0.1) is 17.8 Å². The molecule has 1 saturated carbocycles. The van der Waals surface area contributed by atoms with Crippen molar-refractivity contribution < 1.29 is 14.9 Å². The number of aryl methyl sites for hydroxylation is 1. The van der Waals surface area contributed by atoms with Crippen LogP contribution in [0.25, 0.3) is 0 Å². The van der Waals surface area contributed by atoms with Gasteiger partial charge in [-0.15, -0.1) is 0 Å². The van der Waals surface area contributed by atoms with Gasteiger partial charge in [0.2, 0.25) is 0 Å². The summed E-state index contributed by atoms with van der Waals surface area (Å²) in [6.45, 7) is 7.51. The van der Waals surface area contributed by atoms with Crippen LogP contribution >= 0.6 is 0 Å². The van der Waals surface area contributed by atoms with E-state index in [2.05, 4.69) is 20.8 Å². The second kappa shape index (κ2) is 11.1. The van der Waals surface area contributed by atoms with E-state index in [4.69, 9.17) is 10.5 Å². The molecule has 0 aromatic heterocycles. The van der Waals surface area contributed by atoms with E-state index in [1.807, 2.05) is 12.1 Å². The van der Waals surface area contributed by atoms with E-state index in [0.717, 1.165) is 30.1 Å². The Kier molecular flexibility index (Phi) is 9.10. The second-order valence-corrected chi connectivity index (χ2v) is 9.53. The van der Waals surface area contributed by atoms with Crippen molar-refractivity contribution in [2.75, 3.05) is 13.2 Å². The molecule has 1 aliphatic carbocycles. The van der Waals surface area contributed by atoms with Crippen LogP contribution in [-0.2, 0) is 6.42 Å². The van der Waals surface area contributed by atoms with Crippen LogP contribution in [0.15, 0.2) is 18.2 Å². The van der Waals surface area contributed by atoms with Gasteiger partial charge in [0.1, 0.15) is 11.5 Å². The number of aromatic hydroxyl groups is 1. The number of phenolic OH excluding ortho intramolecular Hbond substituents is 1. The largest absolute Gasteiger partial charge is 0.508 e. The fourth-order valence-electron chi connectivity index (χ4n) is 3.77. The van der Waals surface area contributed by atoms with Crippen molar-refractivity contribution in [3.63, 3.8) is 0 Å². The number of hydrogen-bond donors (Lipinski definition) is 3. The van der Waals surface area contributed by atoms with Crippen LogP contribution < -0.4 is 10.5 Å². The zero-order chi connectivity index (χ0) is 20.6. The Morgan fingerprint density at radius 2 is 1.93 bits per heavy atom. The number of phenols is 1. The summed E-state index contributed by atoms with van der Waals surface area (Å²) in [5, 5.41) is 20.0. The zero-order valence-electron chi connectivity index (χ0n) is 18.1. The van der Waals surface area contributed by atoms with Crippen LogP contribution in [0.2, 0.25) is 0 Å². The van der Waals surface area contributed by atoms with Crippen LogP contribution in [-0.4, -0.2) is 29.0 Å². The van der Waals surface area contributed by atoms with Gasteiger partial charge < -0.3 is 20.7 Å². The highest BCUT2D eigenvalue weighted by atomic mass is 16.5. The zero-order valence-corrected chi connectivity index (χ0v) is 18.1. The van der Waals surface area contributed by atoms with E-state index in [1.54, 1.807) is 6.07 Å². The first kappa shape index (κ1) is 23.0. The standard InChI is InChI=1S/C24H41NO3/c1-18(2)5-4-6-19(3)12-14-28-22-10-9-21(23(27)15-22)11-13-24(25,17-26)16-20-7-8-20/h9-10,15,18-20,26-27H,4-8,11-14,16-17,25H2,1-3H3. The Labute approximate surface area is 171 Å². The van der Waals surface area contributed by atoms with Gasteiger partial charge in [-0.3, -0.25) is 0 Å². The first-order valence-electron chi connectivity index (χ1n) is 11.2. The highest BCUT2D eigenvalue weighted by molar-refractivity contribution is 5.39. The molecule has 160 valence electrons. The first-order chi connectivity index (χ1) is 13.3. The topological polar surface area (TPSA) is 75.7 Å². The van der Waals surface area contributed by atoms with Crippen molar-refractivity contribution in [1.29, 1.82) is 0 Å². The van der Waals surface area contributed by atoms with Gasteiger partial charge in [-0.25, -0.2) is 0 Å². The predicted molar refractivity (Wildman–Crippen MR) is 116 cm³/mol. The van der Waals surface area contributed by atoms with Crippen molar-refractivity contribution in [1.82, 2.24) is 0 Å². The summed E-state index contributed by atoms with van der Waals surface area (Å²) in [5.41, 5.74) is 6.69. The lowest BCUT2D eigenvalue weighted by molar-refractivity contribution is 0.172. The highest BCUT2D eigenvalue weighted by Crippen LogP contribution is 2.37. The summed E-state index contributed by atoms with van der Waals surface area (Å²) in [7, 11) is 0. The van der Waals surface area contributed by atoms with Crippen LogP contribution in [0.5, 0.6) is 11.5 Å². The number of aliphatic hydroxyl groups is 1. The van der Waals surface area contributed by atoms with Gasteiger partial charge >= 0.3 is 0 Å². The summed E-state index contributed by atoms with van der Waals surface area (Å²) in [6.07, 6.45) is 9.55. The van der Waals surface area contributed by atoms with Gasteiger partial charge in [0, 0.05) is 11.6 Å². The SMILES string of the molecule is CC(C)CCCC(C)CCOc1ccc(CCC(N)(CO)CC2CC2)c(O)c1. The number of aliphatic hydroxyl groups excluding tert-OH is 1.